The zero-order valence-electron chi connectivity index (χ0n) is 7.47. The first-order valence-electron chi connectivity index (χ1n) is 4.65. The summed E-state index contributed by atoms with van der Waals surface area (Å²) in [7, 11) is 0. The van der Waals surface area contributed by atoms with Gasteiger partial charge in [-0.15, -0.1) is 0 Å². The van der Waals surface area contributed by atoms with E-state index in [1.54, 1.807) is 0 Å². The Morgan fingerprint density at radius 3 is 2.58 bits per heavy atom. The maximum Gasteiger partial charge on any atom is 0.0690 e. The van der Waals surface area contributed by atoms with E-state index in [2.05, 4.69) is 11.4 Å². The van der Waals surface area contributed by atoms with E-state index >= 15 is 0 Å². The molecule has 12 heavy (non-hydrogen) atoms. The van der Waals surface area contributed by atoms with E-state index in [0.29, 0.717) is 6.54 Å². The van der Waals surface area contributed by atoms with Crippen molar-refractivity contribution in [2.45, 2.75) is 25.7 Å². The standard InChI is InChI=1S/C9H17N3/c10-5-1-2-9(8-11)3-6-12-7-4-9/h12H,1-7,10H2. The van der Waals surface area contributed by atoms with E-state index in [4.69, 9.17) is 11.0 Å². The molecule has 1 aliphatic heterocycles. The van der Waals surface area contributed by atoms with E-state index in [1.165, 1.54) is 0 Å². The minimum absolute atomic E-state index is 0.0649. The van der Waals surface area contributed by atoms with Gasteiger partial charge in [-0.1, -0.05) is 0 Å². The number of piperidine rings is 1. The Morgan fingerprint density at radius 2 is 2.08 bits per heavy atom. The molecule has 0 radical (unpaired) electrons. The Bertz CT molecular complexity index is 165. The van der Waals surface area contributed by atoms with Gasteiger partial charge in [-0.25, -0.2) is 0 Å². The van der Waals surface area contributed by atoms with Crippen LogP contribution in [0.3, 0.4) is 0 Å². The molecule has 1 saturated heterocycles. The van der Waals surface area contributed by atoms with Crippen LogP contribution >= 0.6 is 0 Å². The average Bonchev–Trinajstić information content (AvgIpc) is 2.16. The van der Waals surface area contributed by atoms with Gasteiger partial charge in [0.2, 0.25) is 0 Å². The first-order chi connectivity index (χ1) is 5.83. The monoisotopic (exact) mass is 167 g/mol. The number of hydrogen-bond donors (Lipinski definition) is 2. The molecule has 0 unspecified atom stereocenters. The van der Waals surface area contributed by atoms with Gasteiger partial charge >= 0.3 is 0 Å². The third kappa shape index (κ3) is 2.20. The van der Waals surface area contributed by atoms with Gasteiger partial charge in [0, 0.05) is 0 Å². The number of nitrogens with zero attached hydrogens (tertiary/aromatic N) is 1. The Balaban J connectivity index is 2.44. The predicted molar refractivity (Wildman–Crippen MR) is 48.4 cm³/mol. The topological polar surface area (TPSA) is 61.8 Å². The minimum atomic E-state index is -0.0649. The SMILES string of the molecule is N#CC1(CCCN)CCNCC1. The lowest BCUT2D eigenvalue weighted by Crippen LogP contribution is -2.36. The number of rotatable bonds is 3. The van der Waals surface area contributed by atoms with Crippen LogP contribution in [0.4, 0.5) is 0 Å². The Labute approximate surface area is 73.9 Å². The van der Waals surface area contributed by atoms with E-state index < -0.39 is 0 Å². The van der Waals surface area contributed by atoms with Gasteiger partial charge in [-0.3, -0.25) is 0 Å². The first kappa shape index (κ1) is 9.50. The van der Waals surface area contributed by atoms with E-state index in [9.17, 15) is 0 Å². The molecule has 0 spiro atoms. The van der Waals surface area contributed by atoms with Crippen LogP contribution in [-0.2, 0) is 0 Å². The lowest BCUT2D eigenvalue weighted by molar-refractivity contribution is 0.258. The maximum atomic E-state index is 9.05. The summed E-state index contributed by atoms with van der Waals surface area (Å²) < 4.78 is 0. The highest BCUT2D eigenvalue weighted by Gasteiger charge is 2.30. The molecule has 1 aliphatic rings. The first-order valence-corrected chi connectivity index (χ1v) is 4.65. The van der Waals surface area contributed by atoms with E-state index in [-0.39, 0.29) is 5.41 Å². The van der Waals surface area contributed by atoms with Crippen molar-refractivity contribution in [3.8, 4) is 6.07 Å². The van der Waals surface area contributed by atoms with Gasteiger partial charge in [0.25, 0.3) is 0 Å². The molecule has 3 N–H and O–H groups in total. The van der Waals surface area contributed by atoms with Crippen LogP contribution in [0.1, 0.15) is 25.7 Å². The molecular weight excluding hydrogens is 150 g/mol. The second-order valence-corrected chi connectivity index (χ2v) is 3.53. The van der Waals surface area contributed by atoms with Gasteiger partial charge in [0.05, 0.1) is 11.5 Å². The van der Waals surface area contributed by atoms with Crippen LogP contribution in [0.15, 0.2) is 0 Å². The van der Waals surface area contributed by atoms with Gasteiger partial charge in [0.15, 0.2) is 0 Å². The van der Waals surface area contributed by atoms with Crippen LogP contribution in [0.25, 0.3) is 0 Å². The van der Waals surface area contributed by atoms with Gasteiger partial charge in [0.1, 0.15) is 0 Å². The molecule has 3 heteroatoms. The molecule has 3 nitrogen and oxygen atoms in total. The van der Waals surface area contributed by atoms with Crippen molar-refractivity contribution in [3.05, 3.63) is 0 Å². The Morgan fingerprint density at radius 1 is 1.42 bits per heavy atom. The normalized spacial score (nSPS) is 21.7. The lowest BCUT2D eigenvalue weighted by Gasteiger charge is -2.30. The van der Waals surface area contributed by atoms with Crippen LogP contribution in [0.2, 0.25) is 0 Å². The molecule has 0 atom stereocenters. The highest BCUT2D eigenvalue weighted by molar-refractivity contribution is 5.01. The molecule has 1 rings (SSSR count). The fourth-order valence-electron chi connectivity index (χ4n) is 1.76. The Kier molecular flexibility index (Phi) is 3.51. The Hall–Kier alpha value is -0.590. The molecule has 1 fully saturated rings. The summed E-state index contributed by atoms with van der Waals surface area (Å²) >= 11 is 0. The van der Waals surface area contributed by atoms with Crippen molar-refractivity contribution in [1.29, 1.82) is 5.26 Å². The summed E-state index contributed by atoms with van der Waals surface area (Å²) in [5, 5.41) is 12.3. The summed E-state index contributed by atoms with van der Waals surface area (Å²) in [6.07, 6.45) is 3.93. The zero-order chi connectivity index (χ0) is 8.86. The molecule has 0 saturated carbocycles. The molecule has 1 heterocycles. The van der Waals surface area contributed by atoms with Crippen molar-refractivity contribution < 1.29 is 0 Å². The minimum Gasteiger partial charge on any atom is -0.330 e. The maximum absolute atomic E-state index is 9.05. The van der Waals surface area contributed by atoms with Crippen LogP contribution < -0.4 is 11.1 Å². The zero-order valence-corrected chi connectivity index (χ0v) is 7.47. The molecule has 0 bridgehead atoms. The number of nitrogens with one attached hydrogen (secondary N) is 1. The van der Waals surface area contributed by atoms with Crippen molar-refractivity contribution in [3.63, 3.8) is 0 Å². The van der Waals surface area contributed by atoms with Gasteiger partial charge in [-0.05, 0) is 45.3 Å². The quantitative estimate of drug-likeness (QED) is 0.647. The van der Waals surface area contributed by atoms with Crippen molar-refractivity contribution in [2.24, 2.45) is 11.1 Å². The van der Waals surface area contributed by atoms with Crippen LogP contribution in [0.5, 0.6) is 0 Å². The molecule has 0 aliphatic carbocycles. The average molecular weight is 167 g/mol. The fourth-order valence-corrected chi connectivity index (χ4v) is 1.76. The fraction of sp³-hybridized carbons (Fsp3) is 0.889. The second kappa shape index (κ2) is 4.44. The summed E-state index contributed by atoms with van der Waals surface area (Å²) in [6.45, 7) is 2.67. The smallest absolute Gasteiger partial charge is 0.0690 e. The third-order valence-corrected chi connectivity index (χ3v) is 2.66. The largest absolute Gasteiger partial charge is 0.330 e. The number of hydrogen-bond acceptors (Lipinski definition) is 3. The summed E-state index contributed by atoms with van der Waals surface area (Å²) in [4.78, 5) is 0. The summed E-state index contributed by atoms with van der Waals surface area (Å²) in [5.74, 6) is 0. The highest BCUT2D eigenvalue weighted by atomic mass is 14.9. The lowest BCUT2D eigenvalue weighted by atomic mass is 9.77. The van der Waals surface area contributed by atoms with Crippen molar-refractivity contribution >= 4 is 0 Å². The molecule has 0 aromatic rings. The molecular formula is C9H17N3. The molecule has 0 aromatic carbocycles. The predicted octanol–water partition coefficient (Wildman–Crippen LogP) is 0.619. The number of nitriles is 1. The molecule has 0 amide bonds. The van der Waals surface area contributed by atoms with Gasteiger partial charge < -0.3 is 11.1 Å². The summed E-state index contributed by atoms with van der Waals surface area (Å²) in [6, 6.07) is 2.46. The van der Waals surface area contributed by atoms with Crippen LogP contribution in [-0.4, -0.2) is 19.6 Å². The third-order valence-electron chi connectivity index (χ3n) is 2.66. The second-order valence-electron chi connectivity index (χ2n) is 3.53. The molecule has 0 aromatic heterocycles. The van der Waals surface area contributed by atoms with Gasteiger partial charge in [-0.2, -0.15) is 5.26 Å². The van der Waals surface area contributed by atoms with Crippen molar-refractivity contribution in [2.75, 3.05) is 19.6 Å². The number of nitrogens with two attached hydrogens (primary N) is 1. The highest BCUT2D eigenvalue weighted by Crippen LogP contribution is 2.32. The summed E-state index contributed by atoms with van der Waals surface area (Å²) in [5.41, 5.74) is 5.37. The van der Waals surface area contributed by atoms with E-state index in [0.717, 1.165) is 38.8 Å². The van der Waals surface area contributed by atoms with E-state index in [1.807, 2.05) is 0 Å². The van der Waals surface area contributed by atoms with Crippen molar-refractivity contribution in [1.82, 2.24) is 5.32 Å². The molecule has 68 valence electrons. The van der Waals surface area contributed by atoms with Crippen LogP contribution in [0, 0.1) is 16.7 Å².